The molecular formula is C21H14N4O2. The maximum absolute atomic E-state index is 12.5. The Morgan fingerprint density at radius 2 is 1.93 bits per heavy atom. The molecule has 2 aromatic heterocycles. The van der Waals surface area contributed by atoms with Crippen LogP contribution in [-0.4, -0.2) is 20.6 Å². The van der Waals surface area contributed by atoms with Crippen molar-refractivity contribution < 1.29 is 9.90 Å². The largest absolute Gasteiger partial charge is 0.506 e. The highest BCUT2D eigenvalue weighted by molar-refractivity contribution is 6.07. The molecule has 0 bridgehead atoms. The van der Waals surface area contributed by atoms with Crippen LogP contribution in [0.1, 0.15) is 16.1 Å². The zero-order valence-electron chi connectivity index (χ0n) is 14.1. The topological polar surface area (TPSA) is 90.9 Å². The molecule has 1 amide bonds. The summed E-state index contributed by atoms with van der Waals surface area (Å²) in [4.78, 5) is 16.4. The molecule has 0 spiro atoms. The number of nitrogens with one attached hydrogen (secondary N) is 1. The molecule has 4 aromatic rings. The summed E-state index contributed by atoms with van der Waals surface area (Å²) >= 11 is 0. The average molecular weight is 354 g/mol. The summed E-state index contributed by atoms with van der Waals surface area (Å²) in [5.74, 6) is -0.238. The molecule has 6 heteroatoms. The van der Waals surface area contributed by atoms with Gasteiger partial charge in [-0.05, 0) is 42.5 Å². The van der Waals surface area contributed by atoms with Gasteiger partial charge in [-0.1, -0.05) is 18.2 Å². The van der Waals surface area contributed by atoms with Crippen molar-refractivity contribution in [3.05, 3.63) is 84.3 Å². The molecular weight excluding hydrogens is 340 g/mol. The predicted molar refractivity (Wildman–Crippen MR) is 102 cm³/mol. The van der Waals surface area contributed by atoms with E-state index in [9.17, 15) is 9.90 Å². The van der Waals surface area contributed by atoms with E-state index < -0.39 is 0 Å². The molecule has 27 heavy (non-hydrogen) atoms. The molecule has 0 saturated carbocycles. The van der Waals surface area contributed by atoms with E-state index in [0.717, 1.165) is 11.2 Å². The Morgan fingerprint density at radius 3 is 2.70 bits per heavy atom. The summed E-state index contributed by atoms with van der Waals surface area (Å²) in [6.45, 7) is 0. The van der Waals surface area contributed by atoms with Crippen LogP contribution in [0.5, 0.6) is 5.75 Å². The van der Waals surface area contributed by atoms with E-state index >= 15 is 0 Å². The number of hydrogen-bond donors (Lipinski definition) is 2. The minimum atomic E-state index is -0.334. The molecule has 2 heterocycles. The van der Waals surface area contributed by atoms with Gasteiger partial charge in [-0.25, -0.2) is 4.98 Å². The Kier molecular flexibility index (Phi) is 4.03. The summed E-state index contributed by atoms with van der Waals surface area (Å²) in [6.07, 6.45) is 3.09. The molecule has 0 fully saturated rings. The molecule has 4 rings (SSSR count). The lowest BCUT2D eigenvalue weighted by Crippen LogP contribution is -2.12. The first-order valence-corrected chi connectivity index (χ1v) is 8.23. The van der Waals surface area contributed by atoms with Crippen molar-refractivity contribution in [2.45, 2.75) is 0 Å². The molecule has 0 saturated heterocycles. The van der Waals surface area contributed by atoms with E-state index in [1.54, 1.807) is 30.5 Å². The van der Waals surface area contributed by atoms with Gasteiger partial charge in [0.2, 0.25) is 0 Å². The van der Waals surface area contributed by atoms with Crippen LogP contribution in [0.2, 0.25) is 0 Å². The molecule has 6 nitrogen and oxygen atoms in total. The first-order chi connectivity index (χ1) is 13.2. The van der Waals surface area contributed by atoms with Crippen LogP contribution in [0.15, 0.2) is 73.1 Å². The minimum Gasteiger partial charge on any atom is -0.506 e. The molecule has 0 unspecified atom stereocenters. The highest BCUT2D eigenvalue weighted by Crippen LogP contribution is 2.30. The number of carbonyl (C=O) groups is 1. The number of benzene rings is 2. The van der Waals surface area contributed by atoms with Crippen molar-refractivity contribution in [2.24, 2.45) is 0 Å². The first-order valence-electron chi connectivity index (χ1n) is 8.23. The monoisotopic (exact) mass is 354 g/mol. The van der Waals surface area contributed by atoms with E-state index in [-0.39, 0.29) is 17.4 Å². The third kappa shape index (κ3) is 3.10. The number of fused-ring (bicyclic) bond motifs is 1. The number of aromatic nitrogens is 2. The summed E-state index contributed by atoms with van der Waals surface area (Å²) in [7, 11) is 0. The Hall–Kier alpha value is -4.11. The van der Waals surface area contributed by atoms with E-state index in [0.29, 0.717) is 16.6 Å². The molecule has 2 N–H and O–H groups in total. The van der Waals surface area contributed by atoms with Crippen LogP contribution in [0, 0.1) is 11.3 Å². The van der Waals surface area contributed by atoms with Crippen molar-refractivity contribution in [3.63, 3.8) is 0 Å². The number of amides is 1. The van der Waals surface area contributed by atoms with Crippen molar-refractivity contribution in [3.8, 4) is 17.5 Å². The van der Waals surface area contributed by atoms with Crippen molar-refractivity contribution >= 4 is 22.5 Å². The van der Waals surface area contributed by atoms with Crippen molar-refractivity contribution in [1.82, 2.24) is 9.55 Å². The molecule has 0 radical (unpaired) electrons. The lowest BCUT2D eigenvalue weighted by molar-refractivity contribution is 0.102. The van der Waals surface area contributed by atoms with Gasteiger partial charge in [0.1, 0.15) is 17.5 Å². The summed E-state index contributed by atoms with van der Waals surface area (Å²) in [5, 5.41) is 22.5. The van der Waals surface area contributed by atoms with Gasteiger partial charge in [0.05, 0.1) is 11.7 Å². The second-order valence-electron chi connectivity index (χ2n) is 5.95. The van der Waals surface area contributed by atoms with E-state index in [1.165, 1.54) is 12.3 Å². The zero-order chi connectivity index (χ0) is 18.8. The highest BCUT2D eigenvalue weighted by Gasteiger charge is 2.13. The fourth-order valence-electron chi connectivity index (χ4n) is 2.93. The number of hydrogen-bond acceptors (Lipinski definition) is 4. The zero-order valence-corrected chi connectivity index (χ0v) is 14.1. The number of rotatable bonds is 3. The first kappa shape index (κ1) is 16.4. The number of anilines is 1. The van der Waals surface area contributed by atoms with Crippen LogP contribution < -0.4 is 5.32 Å². The van der Waals surface area contributed by atoms with Gasteiger partial charge in [0.15, 0.2) is 0 Å². The van der Waals surface area contributed by atoms with Crippen molar-refractivity contribution in [1.29, 1.82) is 5.26 Å². The molecule has 0 atom stereocenters. The SMILES string of the molecule is N#Cc1cc(NC(=O)c2ccc3c(c2)c(O)cn3-c2ccccc2)ccn1. The maximum Gasteiger partial charge on any atom is 0.255 e. The predicted octanol–water partition coefficient (Wildman–Crippen LogP) is 3.86. The molecule has 0 aliphatic carbocycles. The van der Waals surface area contributed by atoms with E-state index in [1.807, 2.05) is 41.0 Å². The molecule has 0 aliphatic heterocycles. The van der Waals surface area contributed by atoms with Gasteiger partial charge in [0.25, 0.3) is 5.91 Å². The lowest BCUT2D eigenvalue weighted by atomic mass is 10.1. The van der Waals surface area contributed by atoms with Crippen LogP contribution >= 0.6 is 0 Å². The second-order valence-corrected chi connectivity index (χ2v) is 5.95. The van der Waals surface area contributed by atoms with Gasteiger partial charge in [0, 0.05) is 28.5 Å². The average Bonchev–Trinajstić information content (AvgIpc) is 3.05. The number of aromatic hydroxyl groups is 1. The highest BCUT2D eigenvalue weighted by atomic mass is 16.3. The Bertz CT molecular complexity index is 1190. The van der Waals surface area contributed by atoms with Gasteiger partial charge in [-0.2, -0.15) is 5.26 Å². The number of pyridine rings is 1. The van der Waals surface area contributed by atoms with E-state index in [2.05, 4.69) is 10.3 Å². The molecule has 2 aromatic carbocycles. The third-order valence-electron chi connectivity index (χ3n) is 4.21. The van der Waals surface area contributed by atoms with Gasteiger partial charge in [-0.15, -0.1) is 0 Å². The van der Waals surface area contributed by atoms with Crippen LogP contribution in [0.4, 0.5) is 5.69 Å². The standard InChI is InChI=1S/C21H14N4O2/c22-12-16-11-15(8-9-23-16)24-21(27)14-6-7-19-18(10-14)20(26)13-25(19)17-4-2-1-3-5-17/h1-11,13,26H,(H,23,24,27). The normalized spacial score (nSPS) is 10.5. The second kappa shape index (κ2) is 6.65. The number of nitriles is 1. The summed E-state index contributed by atoms with van der Waals surface area (Å²) in [6, 6.07) is 19.8. The van der Waals surface area contributed by atoms with Crippen molar-refractivity contribution in [2.75, 3.05) is 5.32 Å². The fourth-order valence-corrected chi connectivity index (χ4v) is 2.93. The van der Waals surface area contributed by atoms with Crippen LogP contribution in [-0.2, 0) is 0 Å². The summed E-state index contributed by atoms with van der Waals surface area (Å²) in [5.41, 5.74) is 2.82. The third-order valence-corrected chi connectivity index (χ3v) is 4.21. The minimum absolute atomic E-state index is 0.0965. The Morgan fingerprint density at radius 1 is 1.11 bits per heavy atom. The number of carbonyl (C=O) groups excluding carboxylic acids is 1. The van der Waals surface area contributed by atoms with Crippen LogP contribution in [0.25, 0.3) is 16.6 Å². The maximum atomic E-state index is 12.5. The van der Waals surface area contributed by atoms with Gasteiger partial charge < -0.3 is 15.0 Å². The summed E-state index contributed by atoms with van der Waals surface area (Å²) < 4.78 is 1.87. The molecule has 130 valence electrons. The number of para-hydroxylation sites is 1. The Balaban J connectivity index is 1.68. The number of nitrogens with zero attached hydrogens (tertiary/aromatic N) is 3. The van der Waals surface area contributed by atoms with Gasteiger partial charge in [-0.3, -0.25) is 4.79 Å². The van der Waals surface area contributed by atoms with Crippen LogP contribution in [0.3, 0.4) is 0 Å². The van der Waals surface area contributed by atoms with Gasteiger partial charge >= 0.3 is 0 Å². The lowest BCUT2D eigenvalue weighted by Gasteiger charge is -2.07. The Labute approximate surface area is 154 Å². The quantitative estimate of drug-likeness (QED) is 0.584. The van der Waals surface area contributed by atoms with E-state index in [4.69, 9.17) is 5.26 Å². The molecule has 0 aliphatic rings. The smallest absolute Gasteiger partial charge is 0.255 e. The fraction of sp³-hybridized carbons (Fsp3) is 0.